The van der Waals surface area contributed by atoms with Crippen LogP contribution in [0.4, 0.5) is 5.69 Å². The van der Waals surface area contributed by atoms with Crippen molar-refractivity contribution < 1.29 is 19.5 Å². The molecule has 0 radical (unpaired) electrons. The van der Waals surface area contributed by atoms with Crippen LogP contribution in [0.5, 0.6) is 0 Å². The Morgan fingerprint density at radius 1 is 1.35 bits per heavy atom. The van der Waals surface area contributed by atoms with E-state index in [1.165, 1.54) is 4.90 Å². The Hall–Kier alpha value is -2.37. The molecule has 6 heteroatoms. The maximum absolute atomic E-state index is 11.8. The third-order valence-electron chi connectivity index (χ3n) is 3.12. The maximum atomic E-state index is 11.8. The summed E-state index contributed by atoms with van der Waals surface area (Å²) in [5, 5.41) is 11.1. The van der Waals surface area contributed by atoms with E-state index in [2.05, 4.69) is 5.32 Å². The molecule has 0 unspecified atom stereocenters. The molecule has 1 fully saturated rings. The lowest BCUT2D eigenvalue weighted by molar-refractivity contribution is -0.137. The second-order valence-corrected chi connectivity index (χ2v) is 4.67. The molecule has 2 N–H and O–H groups in total. The highest BCUT2D eigenvalue weighted by Crippen LogP contribution is 2.18. The number of hydrogen-bond donors (Lipinski definition) is 2. The number of nitrogens with zero attached hydrogens (tertiary/aromatic N) is 1. The zero-order valence-corrected chi connectivity index (χ0v) is 11.0. The second-order valence-electron chi connectivity index (χ2n) is 4.67. The molecule has 20 heavy (non-hydrogen) atoms. The third kappa shape index (κ3) is 3.57. The smallest absolute Gasteiger partial charge is 0.303 e. The predicted octanol–water partition coefficient (Wildman–Crippen LogP) is 0.557. The minimum atomic E-state index is -0.816. The summed E-state index contributed by atoms with van der Waals surface area (Å²) in [5.74, 6) is -1.14. The number of hydrogen-bond acceptors (Lipinski definition) is 3. The zero-order valence-electron chi connectivity index (χ0n) is 11.0. The van der Waals surface area contributed by atoms with Crippen molar-refractivity contribution in [2.75, 3.05) is 18.0 Å². The Morgan fingerprint density at radius 3 is 2.90 bits per heavy atom. The van der Waals surface area contributed by atoms with Crippen LogP contribution in [0.15, 0.2) is 24.3 Å². The molecule has 1 heterocycles. The van der Waals surface area contributed by atoms with E-state index in [9.17, 15) is 14.4 Å². The molecule has 0 aromatic heterocycles. The van der Waals surface area contributed by atoms with E-state index in [0.717, 1.165) is 5.56 Å². The van der Waals surface area contributed by atoms with Gasteiger partial charge in [0, 0.05) is 12.1 Å². The van der Waals surface area contributed by atoms with E-state index < -0.39 is 5.97 Å². The molecule has 2 rings (SSSR count). The SMILES string of the molecule is O=C(O)CCCc1cccc(N2CC(=O)NCC2=O)c1. The van der Waals surface area contributed by atoms with E-state index in [1.807, 2.05) is 18.2 Å². The van der Waals surface area contributed by atoms with E-state index in [-0.39, 0.29) is 31.3 Å². The summed E-state index contributed by atoms with van der Waals surface area (Å²) in [7, 11) is 0. The molecular weight excluding hydrogens is 260 g/mol. The van der Waals surface area contributed by atoms with Gasteiger partial charge in [-0.3, -0.25) is 14.4 Å². The molecule has 2 amide bonds. The maximum Gasteiger partial charge on any atom is 0.303 e. The van der Waals surface area contributed by atoms with Gasteiger partial charge in [0.1, 0.15) is 6.54 Å². The summed E-state index contributed by atoms with van der Waals surface area (Å²) < 4.78 is 0. The summed E-state index contributed by atoms with van der Waals surface area (Å²) in [6.07, 6.45) is 1.30. The molecule has 0 spiro atoms. The largest absolute Gasteiger partial charge is 0.481 e. The summed E-state index contributed by atoms with van der Waals surface area (Å²) in [6.45, 7) is 0.0412. The summed E-state index contributed by atoms with van der Waals surface area (Å²) >= 11 is 0. The number of piperazine rings is 1. The number of aliphatic carboxylic acids is 1. The topological polar surface area (TPSA) is 86.7 Å². The number of aryl methyl sites for hydroxylation is 1. The Kier molecular flexibility index (Phi) is 4.34. The third-order valence-corrected chi connectivity index (χ3v) is 3.12. The summed E-state index contributed by atoms with van der Waals surface area (Å²) in [6, 6.07) is 7.31. The van der Waals surface area contributed by atoms with Crippen molar-refractivity contribution in [1.29, 1.82) is 0 Å². The lowest BCUT2D eigenvalue weighted by Gasteiger charge is -2.27. The van der Waals surface area contributed by atoms with Crippen molar-refractivity contribution in [2.45, 2.75) is 19.3 Å². The van der Waals surface area contributed by atoms with E-state index in [0.29, 0.717) is 18.5 Å². The minimum Gasteiger partial charge on any atom is -0.481 e. The van der Waals surface area contributed by atoms with Crippen molar-refractivity contribution in [2.24, 2.45) is 0 Å². The van der Waals surface area contributed by atoms with Crippen LogP contribution < -0.4 is 10.2 Å². The zero-order chi connectivity index (χ0) is 14.5. The highest BCUT2D eigenvalue weighted by molar-refractivity contribution is 6.04. The molecule has 0 atom stereocenters. The first-order chi connectivity index (χ1) is 9.56. The number of rotatable bonds is 5. The van der Waals surface area contributed by atoms with Gasteiger partial charge in [0.2, 0.25) is 11.8 Å². The van der Waals surface area contributed by atoms with Crippen LogP contribution in [0.2, 0.25) is 0 Å². The monoisotopic (exact) mass is 276 g/mol. The average Bonchev–Trinajstić information content (AvgIpc) is 2.41. The van der Waals surface area contributed by atoms with Crippen LogP contribution in [0, 0.1) is 0 Å². The van der Waals surface area contributed by atoms with Crippen LogP contribution in [-0.4, -0.2) is 36.0 Å². The first-order valence-electron chi connectivity index (χ1n) is 6.44. The molecule has 1 aromatic rings. The van der Waals surface area contributed by atoms with Gasteiger partial charge in [-0.1, -0.05) is 12.1 Å². The molecule has 6 nitrogen and oxygen atoms in total. The number of carboxylic acids is 1. The van der Waals surface area contributed by atoms with Crippen molar-refractivity contribution in [3.8, 4) is 0 Å². The molecule has 0 bridgehead atoms. The van der Waals surface area contributed by atoms with Gasteiger partial charge >= 0.3 is 5.97 Å². The molecule has 0 saturated carbocycles. The molecule has 0 aliphatic carbocycles. The van der Waals surface area contributed by atoms with Gasteiger partial charge in [-0.25, -0.2) is 0 Å². The highest BCUT2D eigenvalue weighted by atomic mass is 16.4. The fourth-order valence-electron chi connectivity index (χ4n) is 2.12. The van der Waals surface area contributed by atoms with Gasteiger partial charge in [0.05, 0.1) is 6.54 Å². The first-order valence-corrected chi connectivity index (χ1v) is 6.44. The van der Waals surface area contributed by atoms with Gasteiger partial charge in [0.15, 0.2) is 0 Å². The fourth-order valence-corrected chi connectivity index (χ4v) is 2.12. The summed E-state index contributed by atoms with van der Waals surface area (Å²) in [4.78, 5) is 35.1. The predicted molar refractivity (Wildman–Crippen MR) is 72.4 cm³/mol. The summed E-state index contributed by atoms with van der Waals surface area (Å²) in [5.41, 5.74) is 1.64. The van der Waals surface area contributed by atoms with Gasteiger partial charge in [-0.2, -0.15) is 0 Å². The normalized spacial score (nSPS) is 15.1. The van der Waals surface area contributed by atoms with Crippen LogP contribution >= 0.6 is 0 Å². The molecule has 1 aromatic carbocycles. The molecular formula is C14H16N2O4. The van der Waals surface area contributed by atoms with Gasteiger partial charge < -0.3 is 15.3 Å². The Labute approximate surface area is 116 Å². The number of benzene rings is 1. The standard InChI is InChI=1S/C14H16N2O4/c17-12-9-16(13(18)8-15-12)11-5-1-3-10(7-11)4-2-6-14(19)20/h1,3,5,7H,2,4,6,8-9H2,(H,15,17)(H,19,20). The lowest BCUT2D eigenvalue weighted by Crippen LogP contribution is -2.51. The van der Waals surface area contributed by atoms with E-state index in [4.69, 9.17) is 5.11 Å². The number of nitrogens with one attached hydrogen (secondary N) is 1. The Morgan fingerprint density at radius 2 is 2.15 bits per heavy atom. The van der Waals surface area contributed by atoms with Crippen LogP contribution in [0.25, 0.3) is 0 Å². The van der Waals surface area contributed by atoms with E-state index >= 15 is 0 Å². The molecule has 1 aliphatic rings. The lowest BCUT2D eigenvalue weighted by atomic mass is 10.1. The second kappa shape index (κ2) is 6.18. The van der Waals surface area contributed by atoms with Crippen molar-refractivity contribution >= 4 is 23.5 Å². The van der Waals surface area contributed by atoms with E-state index in [1.54, 1.807) is 6.07 Å². The van der Waals surface area contributed by atoms with Crippen molar-refractivity contribution in [1.82, 2.24) is 5.32 Å². The number of carboxylic acid groups (broad SMARTS) is 1. The Bertz CT molecular complexity index is 542. The molecule has 106 valence electrons. The first kappa shape index (κ1) is 14.0. The van der Waals surface area contributed by atoms with Crippen LogP contribution in [0.1, 0.15) is 18.4 Å². The van der Waals surface area contributed by atoms with Gasteiger partial charge in [0.25, 0.3) is 0 Å². The fraction of sp³-hybridized carbons (Fsp3) is 0.357. The Balaban J connectivity index is 2.06. The number of carbonyl (C=O) groups is 3. The molecule has 1 aliphatic heterocycles. The van der Waals surface area contributed by atoms with Gasteiger partial charge in [-0.15, -0.1) is 0 Å². The quantitative estimate of drug-likeness (QED) is 0.822. The number of carbonyl (C=O) groups excluding carboxylic acids is 2. The van der Waals surface area contributed by atoms with Crippen LogP contribution in [0.3, 0.4) is 0 Å². The number of amides is 2. The average molecular weight is 276 g/mol. The van der Waals surface area contributed by atoms with Crippen LogP contribution in [-0.2, 0) is 20.8 Å². The number of anilines is 1. The highest BCUT2D eigenvalue weighted by Gasteiger charge is 2.24. The van der Waals surface area contributed by atoms with Crippen molar-refractivity contribution in [3.05, 3.63) is 29.8 Å². The molecule has 1 saturated heterocycles. The van der Waals surface area contributed by atoms with Crippen molar-refractivity contribution in [3.63, 3.8) is 0 Å². The minimum absolute atomic E-state index is 0.0159. The van der Waals surface area contributed by atoms with Gasteiger partial charge in [-0.05, 0) is 30.5 Å².